The lowest BCUT2D eigenvalue weighted by molar-refractivity contribution is -0.124. The number of piperidine rings is 1. The zero-order valence-electron chi connectivity index (χ0n) is 10.9. The third-order valence-corrected chi connectivity index (χ3v) is 4.23. The van der Waals surface area contributed by atoms with Gasteiger partial charge < -0.3 is 11.1 Å². The molecule has 2 aromatic carbocycles. The maximum Gasteiger partial charge on any atom is 0.228 e. The van der Waals surface area contributed by atoms with Crippen molar-refractivity contribution in [1.29, 1.82) is 0 Å². The van der Waals surface area contributed by atoms with Gasteiger partial charge in [-0.1, -0.05) is 42.5 Å². The summed E-state index contributed by atoms with van der Waals surface area (Å²) in [5, 5.41) is 5.65. The number of carbonyl (C=O) groups is 1. The quantitative estimate of drug-likeness (QED) is 0.860. The van der Waals surface area contributed by atoms with Gasteiger partial charge in [0, 0.05) is 0 Å². The highest BCUT2D eigenvalue weighted by Gasteiger charge is 2.39. The number of fused-ring (bicyclic) bond motifs is 1. The molecule has 0 atom stereocenters. The van der Waals surface area contributed by atoms with E-state index < -0.39 is 5.41 Å². The Balaban J connectivity index is 2.12. The van der Waals surface area contributed by atoms with Crippen LogP contribution in [-0.4, -0.2) is 19.0 Å². The van der Waals surface area contributed by atoms with Crippen molar-refractivity contribution in [2.45, 2.75) is 18.3 Å². The van der Waals surface area contributed by atoms with Gasteiger partial charge in [0.1, 0.15) is 0 Å². The van der Waals surface area contributed by atoms with Crippen LogP contribution in [0.1, 0.15) is 18.4 Å². The van der Waals surface area contributed by atoms with Gasteiger partial charge >= 0.3 is 0 Å². The van der Waals surface area contributed by atoms with Crippen molar-refractivity contribution in [2.75, 3.05) is 13.1 Å². The number of nitrogens with two attached hydrogens (primary N) is 1. The van der Waals surface area contributed by atoms with Crippen LogP contribution in [0.25, 0.3) is 10.8 Å². The molecule has 98 valence electrons. The first kappa shape index (κ1) is 12.2. The predicted octanol–water partition coefficient (Wildman–Crippen LogP) is 1.95. The molecule has 1 aliphatic heterocycles. The van der Waals surface area contributed by atoms with Gasteiger partial charge in [-0.15, -0.1) is 0 Å². The predicted molar refractivity (Wildman–Crippen MR) is 76.9 cm³/mol. The molecule has 3 nitrogen and oxygen atoms in total. The number of nitrogens with one attached hydrogen (secondary N) is 1. The lowest BCUT2D eigenvalue weighted by atomic mass is 9.72. The normalized spacial score (nSPS) is 18.3. The molecule has 0 saturated carbocycles. The third-order valence-electron chi connectivity index (χ3n) is 4.23. The van der Waals surface area contributed by atoms with Gasteiger partial charge in [-0.2, -0.15) is 0 Å². The van der Waals surface area contributed by atoms with E-state index in [0.29, 0.717) is 0 Å². The number of benzene rings is 2. The van der Waals surface area contributed by atoms with Gasteiger partial charge in [0.15, 0.2) is 0 Å². The Bertz CT molecular complexity index is 615. The molecule has 2 aromatic rings. The van der Waals surface area contributed by atoms with E-state index in [-0.39, 0.29) is 5.91 Å². The summed E-state index contributed by atoms with van der Waals surface area (Å²) < 4.78 is 0. The standard InChI is InChI=1S/C16H18N2O/c17-15(19)16(7-9-18-10-8-16)14-6-5-12-3-1-2-4-13(12)11-14/h1-6,11,18H,7-10H2,(H2,17,19). The van der Waals surface area contributed by atoms with Crippen LogP contribution in [0.3, 0.4) is 0 Å². The number of rotatable bonds is 2. The Morgan fingerprint density at radius 3 is 2.42 bits per heavy atom. The second kappa shape index (κ2) is 4.67. The molecule has 0 aromatic heterocycles. The van der Waals surface area contributed by atoms with E-state index in [0.717, 1.165) is 31.5 Å². The maximum absolute atomic E-state index is 12.0. The molecule has 1 heterocycles. The minimum Gasteiger partial charge on any atom is -0.369 e. The van der Waals surface area contributed by atoms with Crippen molar-refractivity contribution in [3.63, 3.8) is 0 Å². The molecule has 0 aliphatic carbocycles. The number of carbonyl (C=O) groups excluding carboxylic acids is 1. The van der Waals surface area contributed by atoms with Gasteiger partial charge in [0.25, 0.3) is 0 Å². The van der Waals surface area contributed by atoms with Crippen LogP contribution in [0.4, 0.5) is 0 Å². The summed E-state index contributed by atoms with van der Waals surface area (Å²) >= 11 is 0. The summed E-state index contributed by atoms with van der Waals surface area (Å²) in [6, 6.07) is 14.5. The highest BCUT2D eigenvalue weighted by Crippen LogP contribution is 2.34. The molecule has 1 amide bonds. The van der Waals surface area contributed by atoms with Gasteiger partial charge in [-0.05, 0) is 42.3 Å². The summed E-state index contributed by atoms with van der Waals surface area (Å²) in [6.45, 7) is 1.69. The first-order valence-corrected chi connectivity index (χ1v) is 6.72. The molecule has 19 heavy (non-hydrogen) atoms. The molecule has 1 saturated heterocycles. The van der Waals surface area contributed by atoms with Crippen molar-refractivity contribution in [3.05, 3.63) is 48.0 Å². The van der Waals surface area contributed by atoms with Crippen molar-refractivity contribution >= 4 is 16.7 Å². The average Bonchev–Trinajstić information content (AvgIpc) is 2.47. The Morgan fingerprint density at radius 1 is 1.05 bits per heavy atom. The van der Waals surface area contributed by atoms with Crippen LogP contribution in [0.5, 0.6) is 0 Å². The molecule has 0 bridgehead atoms. The molecule has 0 unspecified atom stereocenters. The second-order valence-electron chi connectivity index (χ2n) is 5.26. The fraction of sp³-hybridized carbons (Fsp3) is 0.312. The topological polar surface area (TPSA) is 55.1 Å². The minimum absolute atomic E-state index is 0.204. The molecule has 3 N–H and O–H groups in total. The Hall–Kier alpha value is -1.87. The summed E-state index contributed by atoms with van der Waals surface area (Å²) in [6.07, 6.45) is 1.56. The Kier molecular flexibility index (Phi) is 2.99. The minimum atomic E-state index is -0.505. The Labute approximate surface area is 112 Å². The fourth-order valence-corrected chi connectivity index (χ4v) is 3.02. The van der Waals surface area contributed by atoms with Gasteiger partial charge in [-0.25, -0.2) is 0 Å². The molecule has 0 radical (unpaired) electrons. The smallest absolute Gasteiger partial charge is 0.228 e. The highest BCUT2D eigenvalue weighted by atomic mass is 16.1. The third kappa shape index (κ3) is 2.00. The lowest BCUT2D eigenvalue weighted by Crippen LogP contribution is -2.48. The maximum atomic E-state index is 12.0. The van der Waals surface area contributed by atoms with E-state index in [1.807, 2.05) is 12.1 Å². The summed E-state index contributed by atoms with van der Waals surface area (Å²) in [5.41, 5.74) is 6.26. The van der Waals surface area contributed by atoms with Crippen LogP contribution in [0.2, 0.25) is 0 Å². The van der Waals surface area contributed by atoms with E-state index in [2.05, 4.69) is 35.6 Å². The number of primary amides is 1. The molecular formula is C16H18N2O. The zero-order valence-corrected chi connectivity index (χ0v) is 10.9. The summed E-state index contributed by atoms with van der Waals surface area (Å²) in [5.74, 6) is -0.204. The molecule has 3 rings (SSSR count). The monoisotopic (exact) mass is 254 g/mol. The van der Waals surface area contributed by atoms with Crippen LogP contribution in [0, 0.1) is 0 Å². The van der Waals surface area contributed by atoms with E-state index >= 15 is 0 Å². The highest BCUT2D eigenvalue weighted by molar-refractivity contribution is 5.90. The first-order valence-electron chi connectivity index (χ1n) is 6.72. The van der Waals surface area contributed by atoms with Gasteiger partial charge in [0.05, 0.1) is 5.41 Å². The number of hydrogen-bond acceptors (Lipinski definition) is 2. The summed E-state index contributed by atoms with van der Waals surface area (Å²) in [7, 11) is 0. The van der Waals surface area contributed by atoms with E-state index in [1.165, 1.54) is 10.8 Å². The molecule has 0 spiro atoms. The van der Waals surface area contributed by atoms with Crippen LogP contribution >= 0.6 is 0 Å². The van der Waals surface area contributed by atoms with E-state index in [4.69, 9.17) is 5.73 Å². The molecule has 3 heteroatoms. The average molecular weight is 254 g/mol. The molecule has 1 fully saturated rings. The van der Waals surface area contributed by atoms with Crippen LogP contribution in [-0.2, 0) is 10.2 Å². The van der Waals surface area contributed by atoms with Crippen LogP contribution < -0.4 is 11.1 Å². The lowest BCUT2D eigenvalue weighted by Gasteiger charge is -2.35. The molecule has 1 aliphatic rings. The zero-order chi connectivity index (χ0) is 13.3. The van der Waals surface area contributed by atoms with Gasteiger partial charge in [0.2, 0.25) is 5.91 Å². The van der Waals surface area contributed by atoms with Gasteiger partial charge in [-0.3, -0.25) is 4.79 Å². The first-order chi connectivity index (χ1) is 9.22. The van der Waals surface area contributed by atoms with Crippen molar-refractivity contribution in [3.8, 4) is 0 Å². The van der Waals surface area contributed by atoms with E-state index in [1.54, 1.807) is 0 Å². The molecular weight excluding hydrogens is 236 g/mol. The Morgan fingerprint density at radius 2 is 1.74 bits per heavy atom. The largest absolute Gasteiger partial charge is 0.369 e. The fourth-order valence-electron chi connectivity index (χ4n) is 3.02. The van der Waals surface area contributed by atoms with Crippen molar-refractivity contribution < 1.29 is 4.79 Å². The SMILES string of the molecule is NC(=O)C1(c2ccc3ccccc3c2)CCNCC1. The second-order valence-corrected chi connectivity index (χ2v) is 5.26. The summed E-state index contributed by atoms with van der Waals surface area (Å²) in [4.78, 5) is 12.0. The van der Waals surface area contributed by atoms with Crippen molar-refractivity contribution in [1.82, 2.24) is 5.32 Å². The number of amides is 1. The van der Waals surface area contributed by atoms with Crippen molar-refractivity contribution in [2.24, 2.45) is 5.73 Å². The van der Waals surface area contributed by atoms with E-state index in [9.17, 15) is 4.79 Å². The van der Waals surface area contributed by atoms with Crippen LogP contribution in [0.15, 0.2) is 42.5 Å². The number of hydrogen-bond donors (Lipinski definition) is 2.